The van der Waals surface area contributed by atoms with Crippen LogP contribution in [0.5, 0.6) is 0 Å². The Labute approximate surface area is 126 Å². The van der Waals surface area contributed by atoms with Gasteiger partial charge in [0.05, 0.1) is 11.4 Å². The third-order valence-electron chi connectivity index (χ3n) is 3.34. The normalized spacial score (nSPS) is 11.9. The molecule has 0 atom stereocenters. The molecule has 3 N–H and O–H groups in total. The molecule has 2 heterocycles. The second-order valence-electron chi connectivity index (χ2n) is 4.89. The Balaban J connectivity index is 1.96. The van der Waals surface area contributed by atoms with Crippen molar-refractivity contribution in [3.63, 3.8) is 0 Å². The standard InChI is InChI=1S/C14H13FN4O2S/c15-12-7-10(2-1-9(12)4-6-22(16,20)21)13-11-3-5-17-14(11)19-8-18-13/h1-3,5,7-8H,4,6H2,(H2,16,20,21)(H,17,18,19). The molecule has 0 unspecified atom stereocenters. The molecule has 6 nitrogen and oxygen atoms in total. The van der Waals surface area contributed by atoms with Crippen molar-refractivity contribution in [3.05, 3.63) is 48.2 Å². The lowest BCUT2D eigenvalue weighted by Crippen LogP contribution is -2.18. The lowest BCUT2D eigenvalue weighted by molar-refractivity contribution is 0.593. The van der Waals surface area contributed by atoms with E-state index in [2.05, 4.69) is 15.0 Å². The fraction of sp³-hybridized carbons (Fsp3) is 0.143. The summed E-state index contributed by atoms with van der Waals surface area (Å²) in [6.45, 7) is 0. The van der Waals surface area contributed by atoms with Gasteiger partial charge in [0.15, 0.2) is 0 Å². The van der Waals surface area contributed by atoms with E-state index in [1.54, 1.807) is 18.3 Å². The minimum atomic E-state index is -3.61. The number of aromatic nitrogens is 3. The Bertz CT molecular complexity index is 937. The van der Waals surface area contributed by atoms with Crippen molar-refractivity contribution in [1.82, 2.24) is 15.0 Å². The molecule has 0 fully saturated rings. The SMILES string of the molecule is NS(=O)(=O)CCc1ccc(-c2ncnc3[nH]ccc23)cc1F. The number of H-pyrrole nitrogens is 1. The third kappa shape index (κ3) is 2.97. The largest absolute Gasteiger partial charge is 0.346 e. The minimum absolute atomic E-state index is 0.0360. The first kappa shape index (κ1) is 14.6. The van der Waals surface area contributed by atoms with Crippen molar-refractivity contribution in [1.29, 1.82) is 0 Å². The number of fused-ring (bicyclic) bond motifs is 1. The van der Waals surface area contributed by atoms with Gasteiger partial charge in [-0.1, -0.05) is 12.1 Å². The molecular formula is C14H13FN4O2S. The van der Waals surface area contributed by atoms with Gasteiger partial charge in [-0.15, -0.1) is 0 Å². The number of halogens is 1. The van der Waals surface area contributed by atoms with Crippen LogP contribution in [0, 0.1) is 5.82 Å². The predicted octanol–water partition coefficient (Wildman–Crippen LogP) is 1.59. The maximum absolute atomic E-state index is 14.2. The molecule has 0 bridgehead atoms. The van der Waals surface area contributed by atoms with Crippen LogP contribution < -0.4 is 5.14 Å². The maximum atomic E-state index is 14.2. The quantitative estimate of drug-likeness (QED) is 0.762. The molecule has 0 aliphatic carbocycles. The molecule has 0 aliphatic rings. The lowest BCUT2D eigenvalue weighted by Gasteiger charge is -2.06. The number of hydrogen-bond acceptors (Lipinski definition) is 4. The molecule has 8 heteroatoms. The summed E-state index contributed by atoms with van der Waals surface area (Å²) in [6.07, 6.45) is 3.18. The molecule has 2 aromatic heterocycles. The number of nitrogens with one attached hydrogen (secondary N) is 1. The molecule has 0 radical (unpaired) electrons. The second kappa shape index (κ2) is 5.47. The van der Waals surface area contributed by atoms with Crippen molar-refractivity contribution in [3.8, 4) is 11.3 Å². The number of nitrogens with two attached hydrogens (primary N) is 1. The Kier molecular flexibility index (Phi) is 3.63. The van der Waals surface area contributed by atoms with Crippen LogP contribution in [0.2, 0.25) is 0 Å². The lowest BCUT2D eigenvalue weighted by atomic mass is 10.0. The summed E-state index contributed by atoms with van der Waals surface area (Å²) in [5, 5.41) is 5.73. The summed E-state index contributed by atoms with van der Waals surface area (Å²) in [7, 11) is -3.61. The molecule has 1 aromatic carbocycles. The monoisotopic (exact) mass is 320 g/mol. The molecule has 3 rings (SSSR count). The summed E-state index contributed by atoms with van der Waals surface area (Å²) in [4.78, 5) is 11.2. The van der Waals surface area contributed by atoms with Crippen LogP contribution in [0.25, 0.3) is 22.3 Å². The van der Waals surface area contributed by atoms with Crippen LogP contribution >= 0.6 is 0 Å². The molecule has 0 saturated heterocycles. The number of sulfonamides is 1. The fourth-order valence-electron chi connectivity index (χ4n) is 2.25. The van der Waals surface area contributed by atoms with Crippen molar-refractivity contribution >= 4 is 21.1 Å². The highest BCUT2D eigenvalue weighted by atomic mass is 32.2. The number of aryl methyl sites for hydroxylation is 1. The first-order valence-electron chi connectivity index (χ1n) is 6.51. The highest BCUT2D eigenvalue weighted by molar-refractivity contribution is 7.89. The zero-order valence-electron chi connectivity index (χ0n) is 11.5. The molecule has 0 saturated carbocycles. The van der Waals surface area contributed by atoms with Crippen LogP contribution in [0.4, 0.5) is 4.39 Å². The van der Waals surface area contributed by atoms with Gasteiger partial charge in [-0.05, 0) is 24.1 Å². The first-order valence-corrected chi connectivity index (χ1v) is 8.23. The Morgan fingerprint density at radius 1 is 1.23 bits per heavy atom. The number of benzene rings is 1. The van der Waals surface area contributed by atoms with Gasteiger partial charge in [0.25, 0.3) is 0 Å². The van der Waals surface area contributed by atoms with E-state index in [0.717, 1.165) is 5.39 Å². The van der Waals surface area contributed by atoms with Crippen molar-refractivity contribution in [2.24, 2.45) is 5.14 Å². The van der Waals surface area contributed by atoms with Gasteiger partial charge in [0.2, 0.25) is 10.0 Å². The number of rotatable bonds is 4. The average Bonchev–Trinajstić information content (AvgIpc) is 2.93. The van der Waals surface area contributed by atoms with Crippen molar-refractivity contribution in [2.75, 3.05) is 5.75 Å². The molecule has 0 amide bonds. The van der Waals surface area contributed by atoms with Gasteiger partial charge in [-0.3, -0.25) is 0 Å². The predicted molar refractivity (Wildman–Crippen MR) is 81.0 cm³/mol. The Morgan fingerprint density at radius 3 is 2.77 bits per heavy atom. The molecular weight excluding hydrogens is 307 g/mol. The van der Waals surface area contributed by atoms with E-state index in [9.17, 15) is 12.8 Å². The minimum Gasteiger partial charge on any atom is -0.346 e. The summed E-state index contributed by atoms with van der Waals surface area (Å²) in [5.41, 5.74) is 2.19. The molecule has 0 spiro atoms. The smallest absolute Gasteiger partial charge is 0.209 e. The number of primary sulfonamides is 1. The van der Waals surface area contributed by atoms with Gasteiger partial charge in [0, 0.05) is 17.1 Å². The van der Waals surface area contributed by atoms with E-state index in [1.165, 1.54) is 12.4 Å². The van der Waals surface area contributed by atoms with E-state index < -0.39 is 15.8 Å². The van der Waals surface area contributed by atoms with Crippen LogP contribution in [0.3, 0.4) is 0 Å². The maximum Gasteiger partial charge on any atom is 0.209 e. The van der Waals surface area contributed by atoms with E-state index in [1.807, 2.05) is 6.07 Å². The Morgan fingerprint density at radius 2 is 2.05 bits per heavy atom. The highest BCUT2D eigenvalue weighted by Crippen LogP contribution is 2.26. The second-order valence-corrected chi connectivity index (χ2v) is 6.62. The molecule has 0 aliphatic heterocycles. The van der Waals surface area contributed by atoms with Gasteiger partial charge in [-0.2, -0.15) is 0 Å². The zero-order chi connectivity index (χ0) is 15.7. The van der Waals surface area contributed by atoms with Crippen LogP contribution in [-0.4, -0.2) is 29.1 Å². The van der Waals surface area contributed by atoms with E-state index >= 15 is 0 Å². The number of aromatic amines is 1. The van der Waals surface area contributed by atoms with E-state index in [4.69, 9.17) is 5.14 Å². The topological polar surface area (TPSA) is 102 Å². The summed E-state index contributed by atoms with van der Waals surface area (Å²) < 4.78 is 36.1. The first-order chi connectivity index (χ1) is 10.4. The van der Waals surface area contributed by atoms with Gasteiger partial charge in [-0.25, -0.2) is 27.9 Å². The molecule has 114 valence electrons. The summed E-state index contributed by atoms with van der Waals surface area (Å²) in [6, 6.07) is 6.41. The number of hydrogen-bond donors (Lipinski definition) is 2. The van der Waals surface area contributed by atoms with E-state index in [0.29, 0.717) is 22.5 Å². The van der Waals surface area contributed by atoms with Gasteiger partial charge < -0.3 is 4.98 Å². The molecule has 22 heavy (non-hydrogen) atoms. The highest BCUT2D eigenvalue weighted by Gasteiger charge is 2.12. The Hall–Kier alpha value is -2.32. The van der Waals surface area contributed by atoms with Crippen LogP contribution in [-0.2, 0) is 16.4 Å². The van der Waals surface area contributed by atoms with Crippen molar-refractivity contribution in [2.45, 2.75) is 6.42 Å². The average molecular weight is 320 g/mol. The van der Waals surface area contributed by atoms with Gasteiger partial charge >= 0.3 is 0 Å². The zero-order valence-corrected chi connectivity index (χ0v) is 12.3. The summed E-state index contributed by atoms with van der Waals surface area (Å²) in [5.74, 6) is -0.776. The van der Waals surface area contributed by atoms with Crippen molar-refractivity contribution < 1.29 is 12.8 Å². The third-order valence-corrected chi connectivity index (χ3v) is 4.11. The fourth-order valence-corrected chi connectivity index (χ4v) is 2.76. The van der Waals surface area contributed by atoms with Crippen LogP contribution in [0.15, 0.2) is 36.8 Å². The summed E-state index contributed by atoms with van der Waals surface area (Å²) >= 11 is 0. The number of nitrogens with zero attached hydrogens (tertiary/aromatic N) is 2. The molecule has 3 aromatic rings. The van der Waals surface area contributed by atoms with E-state index in [-0.39, 0.29) is 12.2 Å². The van der Waals surface area contributed by atoms with Gasteiger partial charge in [0.1, 0.15) is 17.8 Å². The van der Waals surface area contributed by atoms with Crippen LogP contribution in [0.1, 0.15) is 5.56 Å².